The van der Waals surface area contributed by atoms with E-state index in [2.05, 4.69) is 0 Å². The van der Waals surface area contributed by atoms with Crippen molar-refractivity contribution in [1.82, 2.24) is 9.80 Å². The van der Waals surface area contributed by atoms with Crippen molar-refractivity contribution < 1.29 is 29.3 Å². The van der Waals surface area contributed by atoms with Gasteiger partial charge < -0.3 is 24.7 Å². The number of ether oxygens (including phenoxy) is 1. The number of hydrogen-bond donors (Lipinski definition) is 2. The minimum Gasteiger partial charge on any atom is -0.480 e. The summed E-state index contributed by atoms with van der Waals surface area (Å²) in [5.41, 5.74) is -1.18. The molecule has 1 fully saturated rings. The summed E-state index contributed by atoms with van der Waals surface area (Å²) in [6.45, 7) is 6.54. The fourth-order valence-corrected chi connectivity index (χ4v) is 2.64. The van der Waals surface area contributed by atoms with E-state index >= 15 is 0 Å². The lowest BCUT2D eigenvalue weighted by Crippen LogP contribution is -2.61. The molecule has 8 heteroatoms. The highest BCUT2D eigenvalue weighted by atomic mass is 16.5. The highest BCUT2D eigenvalue weighted by Gasteiger charge is 2.41. The third-order valence-electron chi connectivity index (χ3n) is 2.89. The molecule has 0 aromatic heterocycles. The number of hydrogen-bond acceptors (Lipinski definition) is 4. The zero-order valence-corrected chi connectivity index (χ0v) is 12.8. The van der Waals surface area contributed by atoms with Crippen molar-refractivity contribution in [3.05, 3.63) is 0 Å². The summed E-state index contributed by atoms with van der Waals surface area (Å²) in [5.74, 6) is -2.51. The van der Waals surface area contributed by atoms with Crippen LogP contribution in [0.15, 0.2) is 0 Å². The van der Waals surface area contributed by atoms with Gasteiger partial charge in [0.2, 0.25) is 0 Å². The summed E-state index contributed by atoms with van der Waals surface area (Å²) in [6, 6.07) is -0.607. The molecule has 1 heterocycles. The van der Waals surface area contributed by atoms with Gasteiger partial charge in [-0.2, -0.15) is 0 Å². The van der Waals surface area contributed by atoms with Gasteiger partial charge in [0.05, 0.1) is 24.3 Å². The highest BCUT2D eigenvalue weighted by Crippen LogP contribution is 2.28. The number of urea groups is 1. The summed E-state index contributed by atoms with van der Waals surface area (Å²) in [6.07, 6.45) is 0. The summed E-state index contributed by atoms with van der Waals surface area (Å²) >= 11 is 0. The smallest absolute Gasteiger partial charge is 0.323 e. The second-order valence-electron chi connectivity index (χ2n) is 6.40. The molecule has 1 aliphatic rings. The van der Waals surface area contributed by atoms with Gasteiger partial charge in [-0.25, -0.2) is 4.79 Å². The van der Waals surface area contributed by atoms with Crippen LogP contribution in [-0.4, -0.2) is 75.4 Å². The first-order chi connectivity index (χ1) is 9.42. The van der Waals surface area contributed by atoms with Crippen LogP contribution in [0.4, 0.5) is 4.79 Å². The molecule has 1 rings (SSSR count). The molecule has 0 aliphatic carbocycles. The maximum atomic E-state index is 12.4. The Bertz CT molecular complexity index is 414. The van der Waals surface area contributed by atoms with E-state index in [4.69, 9.17) is 14.9 Å². The minimum absolute atomic E-state index is 0.269. The van der Waals surface area contributed by atoms with Crippen LogP contribution in [-0.2, 0) is 14.3 Å². The SMILES string of the molecule is CC1(C)CN(C(=O)N(CC(=O)O)CC(=O)O)CC(C)(C)O1. The van der Waals surface area contributed by atoms with Gasteiger partial charge in [-0.3, -0.25) is 9.59 Å². The number of amides is 2. The van der Waals surface area contributed by atoms with Crippen LogP contribution < -0.4 is 0 Å². The van der Waals surface area contributed by atoms with Crippen LogP contribution in [0.5, 0.6) is 0 Å². The Morgan fingerprint density at radius 1 is 1.00 bits per heavy atom. The molecule has 0 atom stereocenters. The fraction of sp³-hybridized carbons (Fsp3) is 0.769. The van der Waals surface area contributed by atoms with E-state index in [1.165, 1.54) is 4.90 Å². The molecule has 2 N–H and O–H groups in total. The first-order valence-corrected chi connectivity index (χ1v) is 6.59. The topological polar surface area (TPSA) is 107 Å². The van der Waals surface area contributed by atoms with Gasteiger partial charge in [0, 0.05) is 0 Å². The number of morpholine rings is 1. The molecule has 0 aromatic rings. The average Bonchev–Trinajstić information content (AvgIpc) is 2.21. The minimum atomic E-state index is -1.25. The van der Waals surface area contributed by atoms with Gasteiger partial charge in [-0.1, -0.05) is 0 Å². The molecule has 0 bridgehead atoms. The van der Waals surface area contributed by atoms with Gasteiger partial charge in [0.1, 0.15) is 13.1 Å². The van der Waals surface area contributed by atoms with Crippen molar-refractivity contribution in [3.63, 3.8) is 0 Å². The van der Waals surface area contributed by atoms with Crippen LogP contribution >= 0.6 is 0 Å². The lowest BCUT2D eigenvalue weighted by Gasteiger charge is -2.47. The first-order valence-electron chi connectivity index (χ1n) is 6.59. The third kappa shape index (κ3) is 5.22. The summed E-state index contributed by atoms with van der Waals surface area (Å²) < 4.78 is 5.84. The van der Waals surface area contributed by atoms with E-state index in [0.717, 1.165) is 4.90 Å². The van der Waals surface area contributed by atoms with E-state index in [1.807, 2.05) is 27.7 Å². The Morgan fingerprint density at radius 2 is 1.38 bits per heavy atom. The molecule has 1 saturated heterocycles. The molecule has 21 heavy (non-hydrogen) atoms. The van der Waals surface area contributed by atoms with Gasteiger partial charge >= 0.3 is 18.0 Å². The normalized spacial score (nSPS) is 19.9. The van der Waals surface area contributed by atoms with Gasteiger partial charge in [0.15, 0.2) is 0 Å². The Hall–Kier alpha value is -1.83. The predicted molar refractivity (Wildman–Crippen MR) is 73.1 cm³/mol. The second kappa shape index (κ2) is 5.88. The molecule has 8 nitrogen and oxygen atoms in total. The van der Waals surface area contributed by atoms with E-state index in [-0.39, 0.29) is 13.1 Å². The zero-order valence-electron chi connectivity index (χ0n) is 12.8. The number of rotatable bonds is 4. The van der Waals surface area contributed by atoms with Crippen LogP contribution in [0.2, 0.25) is 0 Å². The largest absolute Gasteiger partial charge is 0.480 e. The number of carboxylic acids is 2. The van der Waals surface area contributed by atoms with Gasteiger partial charge in [-0.05, 0) is 27.7 Å². The molecule has 120 valence electrons. The molecule has 0 saturated carbocycles. The lowest BCUT2D eigenvalue weighted by molar-refractivity contribution is -0.172. The van der Waals surface area contributed by atoms with Crippen molar-refractivity contribution in [2.75, 3.05) is 26.2 Å². The van der Waals surface area contributed by atoms with Crippen molar-refractivity contribution in [2.24, 2.45) is 0 Å². The fourth-order valence-electron chi connectivity index (χ4n) is 2.64. The van der Waals surface area contributed by atoms with Crippen molar-refractivity contribution in [1.29, 1.82) is 0 Å². The van der Waals surface area contributed by atoms with Crippen LogP contribution in [0.3, 0.4) is 0 Å². The quantitative estimate of drug-likeness (QED) is 0.781. The number of carbonyl (C=O) groups is 3. The monoisotopic (exact) mass is 302 g/mol. The van der Waals surface area contributed by atoms with Crippen LogP contribution in [0, 0.1) is 0 Å². The number of aliphatic carboxylic acids is 2. The Balaban J connectivity index is 2.91. The summed E-state index contributed by atoms with van der Waals surface area (Å²) in [4.78, 5) is 36.3. The average molecular weight is 302 g/mol. The van der Waals surface area contributed by atoms with Crippen molar-refractivity contribution in [2.45, 2.75) is 38.9 Å². The number of carboxylic acid groups (broad SMARTS) is 2. The van der Waals surface area contributed by atoms with Gasteiger partial charge in [-0.15, -0.1) is 0 Å². The Labute approximate surface area is 123 Å². The third-order valence-corrected chi connectivity index (χ3v) is 2.89. The second-order valence-corrected chi connectivity index (χ2v) is 6.40. The molecular formula is C13H22N2O6. The van der Waals surface area contributed by atoms with Crippen LogP contribution in [0.1, 0.15) is 27.7 Å². The molecule has 0 spiro atoms. The molecule has 0 unspecified atom stereocenters. The van der Waals surface area contributed by atoms with E-state index in [0.29, 0.717) is 0 Å². The maximum absolute atomic E-state index is 12.4. The van der Waals surface area contributed by atoms with E-state index < -0.39 is 42.3 Å². The molecule has 0 aromatic carbocycles. The maximum Gasteiger partial charge on any atom is 0.323 e. The predicted octanol–water partition coefficient (Wildman–Crippen LogP) is 0.467. The van der Waals surface area contributed by atoms with E-state index in [9.17, 15) is 14.4 Å². The lowest BCUT2D eigenvalue weighted by atomic mass is 9.99. The standard InChI is InChI=1S/C13H22N2O6/c1-12(2)7-15(8-13(3,4)21-12)11(20)14(5-9(16)17)6-10(18)19/h5-8H2,1-4H3,(H,16,17)(H,18,19). The first kappa shape index (κ1) is 17.2. The summed E-state index contributed by atoms with van der Waals surface area (Å²) in [7, 11) is 0. The molecule has 2 amide bonds. The highest BCUT2D eigenvalue weighted by molar-refractivity contribution is 5.84. The molecule has 1 aliphatic heterocycles. The Kier molecular flexibility index (Phi) is 4.83. The van der Waals surface area contributed by atoms with Crippen molar-refractivity contribution in [3.8, 4) is 0 Å². The number of carbonyl (C=O) groups excluding carboxylic acids is 1. The summed E-state index contributed by atoms with van der Waals surface area (Å²) in [5, 5.41) is 17.6. The van der Waals surface area contributed by atoms with E-state index in [1.54, 1.807) is 0 Å². The molecule has 0 radical (unpaired) electrons. The molecular weight excluding hydrogens is 280 g/mol. The zero-order chi connectivity index (χ0) is 16.4. The Morgan fingerprint density at radius 3 is 1.71 bits per heavy atom. The van der Waals surface area contributed by atoms with Crippen molar-refractivity contribution >= 4 is 18.0 Å². The van der Waals surface area contributed by atoms with Crippen LogP contribution in [0.25, 0.3) is 0 Å². The number of nitrogens with zero attached hydrogens (tertiary/aromatic N) is 2. The van der Waals surface area contributed by atoms with Gasteiger partial charge in [0.25, 0.3) is 0 Å².